The molecule has 0 saturated carbocycles. The number of anilines is 1. The highest BCUT2D eigenvalue weighted by Gasteiger charge is 2.19. The Bertz CT molecular complexity index is 491. The fourth-order valence-corrected chi connectivity index (χ4v) is 2.48. The van der Waals surface area contributed by atoms with E-state index >= 15 is 0 Å². The number of nitrogens with one attached hydrogen (secondary N) is 1. The molecule has 0 aromatic carbocycles. The van der Waals surface area contributed by atoms with Crippen LogP contribution < -0.4 is 5.32 Å². The third kappa shape index (κ3) is 3.51. The molecule has 106 valence electrons. The lowest BCUT2D eigenvalue weighted by molar-refractivity contribution is 0.205. The lowest BCUT2D eigenvalue weighted by atomic mass is 10.1. The lowest BCUT2D eigenvalue weighted by Gasteiger charge is -2.32. The molecule has 1 aliphatic rings. The van der Waals surface area contributed by atoms with Crippen LogP contribution in [-0.2, 0) is 6.54 Å². The average molecular weight is 273 g/mol. The summed E-state index contributed by atoms with van der Waals surface area (Å²) in [4.78, 5) is 12.3. The van der Waals surface area contributed by atoms with Gasteiger partial charge < -0.3 is 10.2 Å². The Kier molecular flexibility index (Phi) is 4.17. The van der Waals surface area contributed by atoms with Gasteiger partial charge in [-0.2, -0.15) is 15.0 Å². The molecule has 7 nitrogen and oxygen atoms in total. The van der Waals surface area contributed by atoms with Gasteiger partial charge in [0.2, 0.25) is 0 Å². The van der Waals surface area contributed by atoms with Gasteiger partial charge in [-0.3, -0.25) is 0 Å². The standard InChI is InChI=1S/C13H19N7/c1-4-14-11-15-13(1)18-12-2-7-19(8-3-12)9-10-20-16-5-6-17-20/h1,4-6,11-12H,2-3,7-10H2,(H,14,15,18). The van der Waals surface area contributed by atoms with Crippen molar-refractivity contribution >= 4 is 5.82 Å². The molecule has 0 spiro atoms. The smallest absolute Gasteiger partial charge is 0.129 e. The first kappa shape index (κ1) is 13.0. The molecule has 0 radical (unpaired) electrons. The maximum Gasteiger partial charge on any atom is 0.129 e. The summed E-state index contributed by atoms with van der Waals surface area (Å²) in [6.45, 7) is 4.07. The zero-order valence-electron chi connectivity index (χ0n) is 11.4. The Labute approximate surface area is 118 Å². The van der Waals surface area contributed by atoms with Crippen molar-refractivity contribution in [2.75, 3.05) is 25.0 Å². The Hall–Kier alpha value is -2.02. The minimum absolute atomic E-state index is 0.504. The van der Waals surface area contributed by atoms with Crippen LogP contribution in [0.3, 0.4) is 0 Å². The number of hydrogen-bond donors (Lipinski definition) is 1. The van der Waals surface area contributed by atoms with E-state index < -0.39 is 0 Å². The van der Waals surface area contributed by atoms with Crippen molar-refractivity contribution < 1.29 is 0 Å². The second-order valence-corrected chi connectivity index (χ2v) is 4.98. The van der Waals surface area contributed by atoms with Crippen molar-refractivity contribution in [3.8, 4) is 0 Å². The summed E-state index contributed by atoms with van der Waals surface area (Å²) < 4.78 is 0. The van der Waals surface area contributed by atoms with E-state index in [4.69, 9.17) is 0 Å². The average Bonchev–Trinajstić information content (AvgIpc) is 3.01. The Morgan fingerprint density at radius 3 is 2.60 bits per heavy atom. The number of aromatic nitrogens is 5. The van der Waals surface area contributed by atoms with Gasteiger partial charge in [0.05, 0.1) is 18.9 Å². The van der Waals surface area contributed by atoms with Crippen LogP contribution in [0.15, 0.2) is 31.0 Å². The van der Waals surface area contributed by atoms with E-state index in [-0.39, 0.29) is 0 Å². The van der Waals surface area contributed by atoms with Crippen LogP contribution in [0.1, 0.15) is 12.8 Å². The molecule has 2 aromatic heterocycles. The van der Waals surface area contributed by atoms with Crippen LogP contribution in [0.25, 0.3) is 0 Å². The lowest BCUT2D eigenvalue weighted by Crippen LogP contribution is -2.40. The number of rotatable bonds is 5. The van der Waals surface area contributed by atoms with E-state index in [2.05, 4.69) is 30.4 Å². The maximum atomic E-state index is 4.21. The summed E-state index contributed by atoms with van der Waals surface area (Å²) in [7, 11) is 0. The number of piperidine rings is 1. The molecule has 1 fully saturated rings. The molecule has 0 atom stereocenters. The molecular weight excluding hydrogens is 254 g/mol. The van der Waals surface area contributed by atoms with Crippen LogP contribution in [0.2, 0.25) is 0 Å². The molecule has 0 bridgehead atoms. The second-order valence-electron chi connectivity index (χ2n) is 4.98. The maximum absolute atomic E-state index is 4.21. The minimum Gasteiger partial charge on any atom is -0.367 e. The van der Waals surface area contributed by atoms with Gasteiger partial charge in [-0.1, -0.05) is 0 Å². The van der Waals surface area contributed by atoms with Crippen LogP contribution in [0.4, 0.5) is 5.82 Å². The fourth-order valence-electron chi connectivity index (χ4n) is 2.48. The minimum atomic E-state index is 0.504. The molecule has 1 N–H and O–H groups in total. The van der Waals surface area contributed by atoms with Crippen LogP contribution in [-0.4, -0.2) is 55.5 Å². The predicted octanol–water partition coefficient (Wildman–Crippen LogP) is 0.645. The Morgan fingerprint density at radius 2 is 1.90 bits per heavy atom. The fraction of sp³-hybridized carbons (Fsp3) is 0.538. The van der Waals surface area contributed by atoms with Crippen molar-refractivity contribution in [3.05, 3.63) is 31.0 Å². The van der Waals surface area contributed by atoms with Gasteiger partial charge >= 0.3 is 0 Å². The van der Waals surface area contributed by atoms with E-state index in [0.29, 0.717) is 6.04 Å². The summed E-state index contributed by atoms with van der Waals surface area (Å²) in [5, 5.41) is 11.7. The third-order valence-electron chi connectivity index (χ3n) is 3.60. The summed E-state index contributed by atoms with van der Waals surface area (Å²) in [5.74, 6) is 0.916. The highest BCUT2D eigenvalue weighted by atomic mass is 15.5. The Morgan fingerprint density at radius 1 is 1.10 bits per heavy atom. The van der Waals surface area contributed by atoms with Gasteiger partial charge in [0, 0.05) is 31.9 Å². The molecule has 7 heteroatoms. The van der Waals surface area contributed by atoms with Crippen molar-refractivity contribution in [3.63, 3.8) is 0 Å². The summed E-state index contributed by atoms with van der Waals surface area (Å²) in [5.41, 5.74) is 0. The summed E-state index contributed by atoms with van der Waals surface area (Å²) in [6, 6.07) is 2.42. The first-order chi connectivity index (χ1) is 9.90. The van der Waals surface area contributed by atoms with E-state index in [9.17, 15) is 0 Å². The van der Waals surface area contributed by atoms with E-state index in [1.165, 1.54) is 0 Å². The first-order valence-electron chi connectivity index (χ1n) is 6.99. The SMILES string of the molecule is c1cc(NC2CCN(CCn3nccn3)CC2)ncn1. The second kappa shape index (κ2) is 6.42. The molecule has 3 heterocycles. The zero-order chi connectivity index (χ0) is 13.6. The van der Waals surface area contributed by atoms with Gasteiger partial charge in [-0.25, -0.2) is 9.97 Å². The van der Waals surface area contributed by atoms with Gasteiger partial charge in [-0.05, 0) is 18.9 Å². The van der Waals surface area contributed by atoms with Crippen LogP contribution >= 0.6 is 0 Å². The van der Waals surface area contributed by atoms with Crippen molar-refractivity contribution in [1.29, 1.82) is 0 Å². The molecule has 0 amide bonds. The highest BCUT2D eigenvalue weighted by molar-refractivity contribution is 5.33. The molecule has 0 aliphatic carbocycles. The molecule has 20 heavy (non-hydrogen) atoms. The molecule has 2 aromatic rings. The third-order valence-corrected chi connectivity index (χ3v) is 3.60. The van der Waals surface area contributed by atoms with Crippen LogP contribution in [0, 0.1) is 0 Å². The Balaban J connectivity index is 1.40. The quantitative estimate of drug-likeness (QED) is 0.862. The van der Waals surface area contributed by atoms with Crippen molar-refractivity contribution in [2.45, 2.75) is 25.4 Å². The van der Waals surface area contributed by atoms with E-state index in [1.807, 2.05) is 6.07 Å². The van der Waals surface area contributed by atoms with Crippen molar-refractivity contribution in [1.82, 2.24) is 29.9 Å². The van der Waals surface area contributed by atoms with Crippen LogP contribution in [0.5, 0.6) is 0 Å². The topological polar surface area (TPSA) is 71.8 Å². The van der Waals surface area contributed by atoms with E-state index in [0.717, 1.165) is 44.8 Å². The number of likely N-dealkylation sites (tertiary alicyclic amines) is 1. The van der Waals surface area contributed by atoms with Gasteiger partial charge in [0.25, 0.3) is 0 Å². The van der Waals surface area contributed by atoms with Gasteiger partial charge in [0.15, 0.2) is 0 Å². The molecule has 1 saturated heterocycles. The first-order valence-corrected chi connectivity index (χ1v) is 6.99. The molecule has 3 rings (SSSR count). The largest absolute Gasteiger partial charge is 0.367 e. The monoisotopic (exact) mass is 273 g/mol. The molecule has 0 unspecified atom stereocenters. The number of nitrogens with zero attached hydrogens (tertiary/aromatic N) is 6. The molecule has 1 aliphatic heterocycles. The van der Waals surface area contributed by atoms with E-state index in [1.54, 1.807) is 29.7 Å². The van der Waals surface area contributed by atoms with Crippen molar-refractivity contribution in [2.24, 2.45) is 0 Å². The zero-order valence-corrected chi connectivity index (χ0v) is 11.4. The molecular formula is C13H19N7. The normalized spacial score (nSPS) is 17.2. The summed E-state index contributed by atoms with van der Waals surface area (Å²) in [6.07, 6.45) is 9.05. The van der Waals surface area contributed by atoms with Gasteiger partial charge in [-0.15, -0.1) is 0 Å². The number of hydrogen-bond acceptors (Lipinski definition) is 6. The summed E-state index contributed by atoms with van der Waals surface area (Å²) >= 11 is 0. The highest BCUT2D eigenvalue weighted by Crippen LogP contribution is 2.14. The predicted molar refractivity (Wildman–Crippen MR) is 75.1 cm³/mol. The van der Waals surface area contributed by atoms with Gasteiger partial charge in [0.1, 0.15) is 12.1 Å².